The lowest BCUT2D eigenvalue weighted by molar-refractivity contribution is -0.116. The molecule has 1 aliphatic rings. The lowest BCUT2D eigenvalue weighted by atomic mass is 10.1. The molecule has 3 rings (SSSR count). The fourth-order valence-electron chi connectivity index (χ4n) is 3.29. The van der Waals surface area contributed by atoms with Gasteiger partial charge in [-0.25, -0.2) is 0 Å². The van der Waals surface area contributed by atoms with Crippen LogP contribution in [0.15, 0.2) is 42.5 Å². The highest BCUT2D eigenvalue weighted by atomic mass is 32.2. The summed E-state index contributed by atoms with van der Waals surface area (Å²) in [5.74, 6) is 0.597. The van der Waals surface area contributed by atoms with E-state index in [0.29, 0.717) is 36.7 Å². The minimum absolute atomic E-state index is 0.262. The Hall–Kier alpha value is -2.62. The minimum atomic E-state index is -3.73. The van der Waals surface area contributed by atoms with Crippen molar-refractivity contribution >= 4 is 21.8 Å². The van der Waals surface area contributed by atoms with E-state index in [9.17, 15) is 13.2 Å². The molecule has 0 spiro atoms. The lowest BCUT2D eigenvalue weighted by Gasteiger charge is -2.34. The number of anilines is 1. The number of hydrogen-bond acceptors (Lipinski definition) is 5. The van der Waals surface area contributed by atoms with E-state index in [1.54, 1.807) is 18.2 Å². The van der Waals surface area contributed by atoms with Gasteiger partial charge < -0.3 is 14.8 Å². The van der Waals surface area contributed by atoms with Gasteiger partial charge in [0.25, 0.3) is 10.2 Å². The summed E-state index contributed by atoms with van der Waals surface area (Å²) < 4.78 is 39.1. The molecule has 1 saturated heterocycles. The van der Waals surface area contributed by atoms with Gasteiger partial charge >= 0.3 is 0 Å². The Kier molecular flexibility index (Phi) is 6.96. The maximum atomic E-state index is 13.0. The SMILES string of the molecule is COc1ccc(NC(=O)CN2CCCN(Cc3ccc(C)cc3)S2(=O)=O)c(OC)c1. The predicted octanol–water partition coefficient (Wildman–Crippen LogP) is 2.40. The van der Waals surface area contributed by atoms with Crippen molar-refractivity contribution in [1.82, 2.24) is 8.61 Å². The topological polar surface area (TPSA) is 88.2 Å². The molecule has 2 aromatic carbocycles. The van der Waals surface area contributed by atoms with Crippen LogP contribution in [-0.2, 0) is 21.5 Å². The van der Waals surface area contributed by atoms with Crippen molar-refractivity contribution < 1.29 is 22.7 Å². The third-order valence-corrected chi connectivity index (χ3v) is 6.88. The number of aryl methyl sites for hydroxylation is 1. The summed E-state index contributed by atoms with van der Waals surface area (Å²) in [6.07, 6.45) is 0.657. The lowest BCUT2D eigenvalue weighted by Crippen LogP contribution is -2.51. The van der Waals surface area contributed by atoms with Gasteiger partial charge in [0.05, 0.1) is 26.5 Å². The molecule has 1 N–H and O–H groups in total. The third-order valence-electron chi connectivity index (χ3n) is 4.95. The first kappa shape index (κ1) is 22.1. The summed E-state index contributed by atoms with van der Waals surface area (Å²) in [4.78, 5) is 12.6. The monoisotopic (exact) mass is 433 g/mol. The number of nitrogens with one attached hydrogen (secondary N) is 1. The highest BCUT2D eigenvalue weighted by Gasteiger charge is 2.34. The standard InChI is InChI=1S/C21H27N3O5S/c1-16-5-7-17(8-6-16)14-23-11-4-12-24(30(23,26)27)15-21(25)22-19-10-9-18(28-2)13-20(19)29-3/h5-10,13H,4,11-12,14-15H2,1-3H3,(H,22,25). The molecule has 0 saturated carbocycles. The number of hydrogen-bond donors (Lipinski definition) is 1. The zero-order valence-corrected chi connectivity index (χ0v) is 18.2. The van der Waals surface area contributed by atoms with Gasteiger partial charge in [-0.15, -0.1) is 0 Å². The van der Waals surface area contributed by atoms with E-state index in [1.807, 2.05) is 31.2 Å². The van der Waals surface area contributed by atoms with Crippen LogP contribution in [0, 0.1) is 6.92 Å². The van der Waals surface area contributed by atoms with E-state index in [0.717, 1.165) is 11.1 Å². The normalized spacial score (nSPS) is 16.8. The number of ether oxygens (including phenoxy) is 2. The molecule has 0 bridgehead atoms. The van der Waals surface area contributed by atoms with Crippen LogP contribution in [0.2, 0.25) is 0 Å². The number of rotatable bonds is 7. The van der Waals surface area contributed by atoms with Gasteiger partial charge in [-0.2, -0.15) is 17.0 Å². The second-order valence-corrected chi connectivity index (χ2v) is 9.06. The molecule has 1 fully saturated rings. The van der Waals surface area contributed by atoms with Gasteiger partial charge in [0.2, 0.25) is 5.91 Å². The van der Waals surface area contributed by atoms with E-state index in [-0.39, 0.29) is 13.1 Å². The summed E-state index contributed by atoms with van der Waals surface area (Å²) in [5, 5.41) is 2.72. The number of methoxy groups -OCH3 is 2. The van der Waals surface area contributed by atoms with Crippen LogP contribution in [0.4, 0.5) is 5.69 Å². The van der Waals surface area contributed by atoms with Crippen molar-refractivity contribution in [2.75, 3.05) is 39.2 Å². The van der Waals surface area contributed by atoms with E-state index in [4.69, 9.17) is 9.47 Å². The number of benzene rings is 2. The average Bonchev–Trinajstić information content (AvgIpc) is 2.73. The number of nitrogens with zero attached hydrogens (tertiary/aromatic N) is 2. The van der Waals surface area contributed by atoms with Crippen LogP contribution in [0.1, 0.15) is 17.5 Å². The van der Waals surface area contributed by atoms with Crippen molar-refractivity contribution in [1.29, 1.82) is 0 Å². The Bertz CT molecular complexity index is 992. The van der Waals surface area contributed by atoms with Crippen LogP contribution in [0.5, 0.6) is 11.5 Å². The second kappa shape index (κ2) is 9.46. The maximum Gasteiger partial charge on any atom is 0.282 e. The first-order valence-electron chi connectivity index (χ1n) is 9.66. The van der Waals surface area contributed by atoms with Crippen LogP contribution >= 0.6 is 0 Å². The van der Waals surface area contributed by atoms with Crippen molar-refractivity contribution in [3.63, 3.8) is 0 Å². The van der Waals surface area contributed by atoms with Crippen molar-refractivity contribution in [2.45, 2.75) is 19.9 Å². The second-order valence-electron chi connectivity index (χ2n) is 7.13. The minimum Gasteiger partial charge on any atom is -0.497 e. The molecule has 0 unspecified atom stereocenters. The molecule has 0 aliphatic carbocycles. The zero-order chi connectivity index (χ0) is 21.7. The van der Waals surface area contributed by atoms with Gasteiger partial charge in [-0.3, -0.25) is 4.79 Å². The van der Waals surface area contributed by atoms with E-state index >= 15 is 0 Å². The highest BCUT2D eigenvalue weighted by Crippen LogP contribution is 2.29. The third kappa shape index (κ3) is 5.10. The zero-order valence-electron chi connectivity index (χ0n) is 17.4. The molecule has 8 nitrogen and oxygen atoms in total. The Balaban J connectivity index is 1.68. The van der Waals surface area contributed by atoms with Crippen LogP contribution in [0.25, 0.3) is 0 Å². The van der Waals surface area contributed by atoms with Crippen LogP contribution in [-0.4, -0.2) is 56.8 Å². The van der Waals surface area contributed by atoms with Crippen molar-refractivity contribution in [3.8, 4) is 11.5 Å². The molecule has 30 heavy (non-hydrogen) atoms. The Morgan fingerprint density at radius 1 is 1.03 bits per heavy atom. The largest absolute Gasteiger partial charge is 0.497 e. The predicted molar refractivity (Wildman–Crippen MR) is 115 cm³/mol. The van der Waals surface area contributed by atoms with E-state index in [1.165, 1.54) is 22.8 Å². The molecular weight excluding hydrogens is 406 g/mol. The summed E-state index contributed by atoms with van der Waals surface area (Å²) in [6, 6.07) is 12.8. The molecule has 2 aromatic rings. The summed E-state index contributed by atoms with van der Waals surface area (Å²) in [7, 11) is -0.705. The first-order chi connectivity index (χ1) is 14.3. The van der Waals surface area contributed by atoms with Crippen LogP contribution in [0.3, 0.4) is 0 Å². The summed E-state index contributed by atoms with van der Waals surface area (Å²) in [6.45, 7) is 2.75. The molecule has 1 amide bonds. The summed E-state index contributed by atoms with van der Waals surface area (Å²) in [5.41, 5.74) is 2.49. The fraction of sp³-hybridized carbons (Fsp3) is 0.381. The number of carbonyl (C=O) groups excluding carboxylic acids is 1. The summed E-state index contributed by atoms with van der Waals surface area (Å²) >= 11 is 0. The molecule has 1 aliphatic heterocycles. The average molecular weight is 434 g/mol. The van der Waals surface area contributed by atoms with E-state index < -0.39 is 16.1 Å². The van der Waals surface area contributed by atoms with Crippen molar-refractivity contribution in [2.24, 2.45) is 0 Å². The molecule has 0 aromatic heterocycles. The number of carbonyl (C=O) groups is 1. The molecule has 9 heteroatoms. The van der Waals surface area contributed by atoms with Gasteiger partial charge in [0.1, 0.15) is 11.5 Å². The highest BCUT2D eigenvalue weighted by molar-refractivity contribution is 7.86. The fourth-order valence-corrected chi connectivity index (χ4v) is 4.93. The molecule has 0 atom stereocenters. The Morgan fingerprint density at radius 3 is 2.40 bits per heavy atom. The first-order valence-corrected chi connectivity index (χ1v) is 11.1. The number of amides is 1. The smallest absolute Gasteiger partial charge is 0.282 e. The maximum absolute atomic E-state index is 13.0. The Morgan fingerprint density at radius 2 is 1.73 bits per heavy atom. The van der Waals surface area contributed by atoms with Crippen LogP contribution < -0.4 is 14.8 Å². The quantitative estimate of drug-likeness (QED) is 0.724. The Labute approximate surface area is 177 Å². The van der Waals surface area contributed by atoms with Gasteiger partial charge in [0.15, 0.2) is 0 Å². The van der Waals surface area contributed by atoms with Crippen molar-refractivity contribution in [3.05, 3.63) is 53.6 Å². The molecular formula is C21H27N3O5S. The molecule has 1 heterocycles. The van der Waals surface area contributed by atoms with Gasteiger partial charge in [-0.1, -0.05) is 29.8 Å². The van der Waals surface area contributed by atoms with E-state index in [2.05, 4.69) is 5.32 Å². The van der Waals surface area contributed by atoms with Gasteiger partial charge in [0, 0.05) is 25.7 Å². The van der Waals surface area contributed by atoms with Gasteiger partial charge in [-0.05, 0) is 31.0 Å². The molecule has 162 valence electrons. The molecule has 0 radical (unpaired) electrons.